The van der Waals surface area contributed by atoms with Gasteiger partial charge in [-0.25, -0.2) is 0 Å². The highest BCUT2D eigenvalue weighted by molar-refractivity contribution is 6.30. The van der Waals surface area contributed by atoms with Crippen molar-refractivity contribution in [1.82, 2.24) is 0 Å². The van der Waals surface area contributed by atoms with Crippen molar-refractivity contribution < 1.29 is 4.84 Å². The Kier molecular flexibility index (Phi) is 4.23. The highest BCUT2D eigenvalue weighted by Gasteiger charge is 2.12. The first-order valence-electron chi connectivity index (χ1n) is 5.74. The molecule has 0 aromatic heterocycles. The van der Waals surface area contributed by atoms with Crippen LogP contribution < -0.4 is 0 Å². The molecule has 2 rings (SSSR count). The van der Waals surface area contributed by atoms with Crippen molar-refractivity contribution in [1.29, 1.82) is 0 Å². The summed E-state index contributed by atoms with van der Waals surface area (Å²) in [5.74, 6) is 0.630. The molecule has 0 bridgehead atoms. The maximum absolute atomic E-state index is 5.79. The lowest BCUT2D eigenvalue weighted by molar-refractivity contribution is 0.130. The minimum Gasteiger partial charge on any atom is -0.391 e. The van der Waals surface area contributed by atoms with Gasteiger partial charge in [-0.05, 0) is 36.5 Å². The predicted octanol–water partition coefficient (Wildman–Crippen LogP) is 4.03. The molecular weight excluding hydrogens is 222 g/mol. The SMILES string of the molecule is Clc1ccc(CON=CC2CCCC2)cc1. The fourth-order valence-electron chi connectivity index (χ4n) is 1.93. The molecule has 86 valence electrons. The molecule has 0 aliphatic heterocycles. The molecule has 0 atom stereocenters. The van der Waals surface area contributed by atoms with Gasteiger partial charge in [0.15, 0.2) is 0 Å². The van der Waals surface area contributed by atoms with Gasteiger partial charge in [0.25, 0.3) is 0 Å². The van der Waals surface area contributed by atoms with Gasteiger partial charge >= 0.3 is 0 Å². The topological polar surface area (TPSA) is 21.6 Å². The third-order valence-corrected chi connectivity index (χ3v) is 3.14. The number of benzene rings is 1. The molecule has 0 radical (unpaired) electrons. The van der Waals surface area contributed by atoms with Crippen molar-refractivity contribution in [3.63, 3.8) is 0 Å². The van der Waals surface area contributed by atoms with Gasteiger partial charge in [-0.15, -0.1) is 0 Å². The average Bonchev–Trinajstić information content (AvgIpc) is 2.80. The van der Waals surface area contributed by atoms with Gasteiger partial charge in [0.05, 0.1) is 0 Å². The third kappa shape index (κ3) is 3.53. The smallest absolute Gasteiger partial charge is 0.142 e. The summed E-state index contributed by atoms with van der Waals surface area (Å²) in [5, 5.41) is 4.76. The molecule has 2 nitrogen and oxygen atoms in total. The first-order valence-corrected chi connectivity index (χ1v) is 6.12. The maximum atomic E-state index is 5.79. The maximum Gasteiger partial charge on any atom is 0.142 e. The molecule has 3 heteroatoms. The van der Waals surface area contributed by atoms with Gasteiger partial charge < -0.3 is 4.84 Å². The molecular formula is C13H16ClNO. The van der Waals surface area contributed by atoms with Crippen LogP contribution in [0.3, 0.4) is 0 Å². The Labute approximate surface area is 101 Å². The Hall–Kier alpha value is -1.02. The van der Waals surface area contributed by atoms with E-state index in [2.05, 4.69) is 5.16 Å². The third-order valence-electron chi connectivity index (χ3n) is 2.89. The molecule has 1 aromatic rings. The van der Waals surface area contributed by atoms with Crippen molar-refractivity contribution in [2.75, 3.05) is 0 Å². The number of rotatable bonds is 4. The molecule has 0 spiro atoms. The standard InChI is InChI=1S/C13H16ClNO/c14-13-7-5-12(6-8-13)10-16-15-9-11-3-1-2-4-11/h5-9,11H,1-4,10H2. The molecule has 1 saturated carbocycles. The summed E-state index contributed by atoms with van der Waals surface area (Å²) in [7, 11) is 0. The van der Waals surface area contributed by atoms with E-state index in [4.69, 9.17) is 16.4 Å². The van der Waals surface area contributed by atoms with Crippen molar-refractivity contribution in [3.8, 4) is 0 Å². The van der Waals surface area contributed by atoms with E-state index < -0.39 is 0 Å². The second-order valence-corrected chi connectivity index (χ2v) is 4.64. The van der Waals surface area contributed by atoms with Crippen LogP contribution in [0.25, 0.3) is 0 Å². The van der Waals surface area contributed by atoms with Gasteiger partial charge in [-0.3, -0.25) is 0 Å². The Bertz CT molecular complexity index is 341. The van der Waals surface area contributed by atoms with E-state index in [0.29, 0.717) is 12.5 Å². The number of nitrogens with zero attached hydrogens (tertiary/aromatic N) is 1. The second kappa shape index (κ2) is 5.90. The zero-order valence-electron chi connectivity index (χ0n) is 9.23. The molecule has 0 unspecified atom stereocenters. The lowest BCUT2D eigenvalue weighted by atomic mass is 10.1. The fourth-order valence-corrected chi connectivity index (χ4v) is 2.05. The molecule has 16 heavy (non-hydrogen) atoms. The van der Waals surface area contributed by atoms with Crippen molar-refractivity contribution in [2.45, 2.75) is 32.3 Å². The average molecular weight is 238 g/mol. The van der Waals surface area contributed by atoms with Gasteiger partial charge in [0.1, 0.15) is 6.61 Å². The molecule has 0 heterocycles. The first-order chi connectivity index (χ1) is 7.84. The van der Waals surface area contributed by atoms with E-state index in [-0.39, 0.29) is 0 Å². The Morgan fingerprint density at radius 3 is 2.62 bits per heavy atom. The number of hydrogen-bond donors (Lipinski definition) is 0. The highest BCUT2D eigenvalue weighted by Crippen LogP contribution is 2.22. The van der Waals surface area contributed by atoms with E-state index in [9.17, 15) is 0 Å². The van der Waals surface area contributed by atoms with Crippen molar-refractivity contribution >= 4 is 17.8 Å². The van der Waals surface area contributed by atoms with Crippen molar-refractivity contribution in [3.05, 3.63) is 34.9 Å². The largest absolute Gasteiger partial charge is 0.391 e. The van der Waals surface area contributed by atoms with Crippen LogP contribution in [0.4, 0.5) is 0 Å². The summed E-state index contributed by atoms with van der Waals surface area (Å²) in [6.07, 6.45) is 7.12. The lowest BCUT2D eigenvalue weighted by Crippen LogP contribution is -1.95. The molecule has 1 aliphatic rings. The van der Waals surface area contributed by atoms with Gasteiger partial charge in [-0.1, -0.05) is 41.7 Å². The Balaban J connectivity index is 1.72. The van der Waals surface area contributed by atoms with Crippen LogP contribution >= 0.6 is 11.6 Å². The van der Waals surface area contributed by atoms with Crippen LogP contribution in [-0.2, 0) is 11.4 Å². The van der Waals surface area contributed by atoms with E-state index in [0.717, 1.165) is 10.6 Å². The first kappa shape index (κ1) is 11.5. The second-order valence-electron chi connectivity index (χ2n) is 4.20. The number of oxime groups is 1. The van der Waals surface area contributed by atoms with Gasteiger partial charge in [0.2, 0.25) is 0 Å². The van der Waals surface area contributed by atoms with Crippen LogP contribution in [-0.4, -0.2) is 6.21 Å². The predicted molar refractivity (Wildman–Crippen MR) is 66.7 cm³/mol. The minimum absolute atomic E-state index is 0.514. The van der Waals surface area contributed by atoms with Gasteiger partial charge in [-0.2, -0.15) is 0 Å². The molecule has 0 saturated heterocycles. The number of hydrogen-bond acceptors (Lipinski definition) is 2. The van der Waals surface area contributed by atoms with Crippen LogP contribution in [0.1, 0.15) is 31.2 Å². The molecule has 1 fully saturated rings. The van der Waals surface area contributed by atoms with E-state index >= 15 is 0 Å². The van der Waals surface area contributed by atoms with E-state index in [1.54, 1.807) is 0 Å². The highest BCUT2D eigenvalue weighted by atomic mass is 35.5. The lowest BCUT2D eigenvalue weighted by Gasteiger charge is -2.01. The summed E-state index contributed by atoms with van der Waals surface area (Å²) < 4.78 is 0. The molecule has 0 amide bonds. The monoisotopic (exact) mass is 237 g/mol. The van der Waals surface area contributed by atoms with Crippen LogP contribution in [0.2, 0.25) is 5.02 Å². The van der Waals surface area contributed by atoms with Crippen LogP contribution in [0, 0.1) is 5.92 Å². The van der Waals surface area contributed by atoms with Crippen LogP contribution in [0.5, 0.6) is 0 Å². The molecule has 0 N–H and O–H groups in total. The quantitative estimate of drug-likeness (QED) is 0.572. The zero-order chi connectivity index (χ0) is 11.2. The Morgan fingerprint density at radius 2 is 1.94 bits per heavy atom. The van der Waals surface area contributed by atoms with E-state index in [1.807, 2.05) is 30.5 Å². The van der Waals surface area contributed by atoms with Gasteiger partial charge in [0, 0.05) is 11.2 Å². The number of halogens is 1. The summed E-state index contributed by atoms with van der Waals surface area (Å²) in [6, 6.07) is 7.63. The Morgan fingerprint density at radius 1 is 1.25 bits per heavy atom. The van der Waals surface area contributed by atoms with Crippen LogP contribution in [0.15, 0.2) is 29.4 Å². The van der Waals surface area contributed by atoms with Crippen molar-refractivity contribution in [2.24, 2.45) is 11.1 Å². The fraction of sp³-hybridized carbons (Fsp3) is 0.462. The summed E-state index contributed by atoms with van der Waals surface area (Å²) in [4.78, 5) is 5.25. The molecule has 1 aromatic carbocycles. The van der Waals surface area contributed by atoms with E-state index in [1.165, 1.54) is 25.7 Å². The zero-order valence-corrected chi connectivity index (χ0v) is 9.99. The summed E-state index contributed by atoms with van der Waals surface area (Å²) in [5.41, 5.74) is 1.09. The summed E-state index contributed by atoms with van der Waals surface area (Å²) in [6.45, 7) is 0.514. The molecule has 1 aliphatic carbocycles. The summed E-state index contributed by atoms with van der Waals surface area (Å²) >= 11 is 5.79. The minimum atomic E-state index is 0.514. The normalized spacial score (nSPS) is 17.1.